The van der Waals surface area contributed by atoms with Crippen molar-refractivity contribution < 1.29 is 9.53 Å². The van der Waals surface area contributed by atoms with Crippen LogP contribution in [0.5, 0.6) is 5.75 Å². The van der Waals surface area contributed by atoms with E-state index in [9.17, 15) is 14.4 Å². The van der Waals surface area contributed by atoms with Crippen LogP contribution in [0.4, 0.5) is 5.69 Å². The minimum Gasteiger partial charge on any atom is -0.485 e. The molecular formula is C21H21N3O4. The molecule has 1 aliphatic rings. The van der Waals surface area contributed by atoms with Gasteiger partial charge in [-0.05, 0) is 50.5 Å². The van der Waals surface area contributed by atoms with Crippen LogP contribution in [0.25, 0.3) is 10.9 Å². The third-order valence-electron chi connectivity index (χ3n) is 4.95. The summed E-state index contributed by atoms with van der Waals surface area (Å²) >= 11 is 0. The van der Waals surface area contributed by atoms with Crippen molar-refractivity contribution in [3.05, 3.63) is 68.9 Å². The summed E-state index contributed by atoms with van der Waals surface area (Å²) in [5.41, 5.74) is 0.649. The first kappa shape index (κ1) is 18.0. The van der Waals surface area contributed by atoms with Crippen molar-refractivity contribution in [1.29, 1.82) is 0 Å². The van der Waals surface area contributed by atoms with E-state index in [4.69, 9.17) is 4.74 Å². The first-order valence-corrected chi connectivity index (χ1v) is 9.17. The summed E-state index contributed by atoms with van der Waals surface area (Å²) in [6.45, 7) is 3.81. The Bertz CT molecular complexity index is 1190. The minimum atomic E-state index is -0.619. The number of fused-ring (bicyclic) bond motifs is 2. The fourth-order valence-electron chi connectivity index (χ4n) is 3.50. The molecule has 144 valence electrons. The Hall–Kier alpha value is -3.35. The van der Waals surface area contributed by atoms with E-state index < -0.39 is 11.2 Å². The summed E-state index contributed by atoms with van der Waals surface area (Å²) in [7, 11) is 0. The molecule has 1 amide bonds. The smallest absolute Gasteiger partial charge is 0.329 e. The Balaban J connectivity index is 1.65. The summed E-state index contributed by atoms with van der Waals surface area (Å²) in [5.74, 6) is 0.297. The number of aryl methyl sites for hydroxylation is 1. The van der Waals surface area contributed by atoms with Crippen LogP contribution in [-0.4, -0.2) is 21.1 Å². The number of benzene rings is 2. The standard InChI is InChI=1S/C21H21N3O4/c1-21(2)11-10-13-6-5-8-15(18(13)28-21)22-17(25)12-24-16-9-4-3-7-14(16)19(26)23-20(24)27/h3-9H,10-12H2,1-2H3,(H,22,25)(H,23,26,27). The average Bonchev–Trinajstić information content (AvgIpc) is 2.65. The quantitative estimate of drug-likeness (QED) is 0.731. The number of hydrogen-bond donors (Lipinski definition) is 2. The molecule has 3 aromatic rings. The van der Waals surface area contributed by atoms with Gasteiger partial charge in [0.15, 0.2) is 0 Å². The molecule has 1 aliphatic heterocycles. The van der Waals surface area contributed by atoms with E-state index in [2.05, 4.69) is 10.3 Å². The van der Waals surface area contributed by atoms with Crippen LogP contribution < -0.4 is 21.3 Å². The van der Waals surface area contributed by atoms with Crippen molar-refractivity contribution in [2.75, 3.05) is 5.32 Å². The second-order valence-electron chi connectivity index (χ2n) is 7.57. The van der Waals surface area contributed by atoms with Gasteiger partial charge in [-0.1, -0.05) is 24.3 Å². The SMILES string of the molecule is CC1(C)CCc2cccc(NC(=O)Cn3c(=O)[nH]c(=O)c4ccccc43)c2O1. The summed E-state index contributed by atoms with van der Waals surface area (Å²) in [6, 6.07) is 12.3. The van der Waals surface area contributed by atoms with Crippen molar-refractivity contribution in [3.8, 4) is 5.75 Å². The summed E-state index contributed by atoms with van der Waals surface area (Å²) in [5, 5.41) is 3.21. The number of para-hydroxylation sites is 2. The molecule has 7 heteroatoms. The summed E-state index contributed by atoms with van der Waals surface area (Å²) in [6.07, 6.45) is 1.77. The Morgan fingerprint density at radius 2 is 1.96 bits per heavy atom. The second kappa shape index (κ2) is 6.67. The van der Waals surface area contributed by atoms with Crippen LogP contribution in [0.3, 0.4) is 0 Å². The Kier molecular flexibility index (Phi) is 4.30. The van der Waals surface area contributed by atoms with Gasteiger partial charge in [-0.3, -0.25) is 19.1 Å². The van der Waals surface area contributed by atoms with E-state index in [1.165, 1.54) is 4.57 Å². The van der Waals surface area contributed by atoms with Crippen LogP contribution in [0.15, 0.2) is 52.1 Å². The molecule has 4 rings (SSSR count). The number of aromatic nitrogens is 2. The first-order chi connectivity index (χ1) is 13.3. The number of carbonyl (C=O) groups is 1. The van der Waals surface area contributed by atoms with E-state index in [-0.39, 0.29) is 18.1 Å². The van der Waals surface area contributed by atoms with Gasteiger partial charge in [0.25, 0.3) is 5.56 Å². The van der Waals surface area contributed by atoms with Crippen LogP contribution in [0.1, 0.15) is 25.8 Å². The number of hydrogen-bond acceptors (Lipinski definition) is 4. The van der Waals surface area contributed by atoms with Crippen LogP contribution in [0.2, 0.25) is 0 Å². The molecule has 2 N–H and O–H groups in total. The zero-order valence-corrected chi connectivity index (χ0v) is 15.7. The molecule has 0 spiro atoms. The molecule has 0 atom stereocenters. The maximum absolute atomic E-state index is 12.7. The van der Waals surface area contributed by atoms with Gasteiger partial charge < -0.3 is 10.1 Å². The molecule has 0 radical (unpaired) electrons. The predicted molar refractivity (Wildman–Crippen MR) is 107 cm³/mol. The van der Waals surface area contributed by atoms with Gasteiger partial charge in [-0.2, -0.15) is 0 Å². The van der Waals surface area contributed by atoms with Gasteiger partial charge >= 0.3 is 5.69 Å². The number of nitrogens with one attached hydrogen (secondary N) is 2. The van der Waals surface area contributed by atoms with E-state index in [1.807, 2.05) is 26.0 Å². The number of aromatic amines is 1. The highest BCUT2D eigenvalue weighted by Crippen LogP contribution is 2.38. The van der Waals surface area contributed by atoms with Gasteiger partial charge in [0.2, 0.25) is 5.91 Å². The lowest BCUT2D eigenvalue weighted by molar-refractivity contribution is -0.116. The number of rotatable bonds is 3. The van der Waals surface area contributed by atoms with Gasteiger partial charge in [-0.15, -0.1) is 0 Å². The van der Waals surface area contributed by atoms with Crippen LogP contribution >= 0.6 is 0 Å². The lowest BCUT2D eigenvalue weighted by Crippen LogP contribution is -2.35. The lowest BCUT2D eigenvalue weighted by atomic mass is 9.94. The maximum Gasteiger partial charge on any atom is 0.329 e. The summed E-state index contributed by atoms with van der Waals surface area (Å²) < 4.78 is 7.34. The van der Waals surface area contributed by atoms with Gasteiger partial charge in [-0.25, -0.2) is 4.79 Å². The molecular weight excluding hydrogens is 358 g/mol. The zero-order valence-electron chi connectivity index (χ0n) is 15.7. The second-order valence-corrected chi connectivity index (χ2v) is 7.57. The highest BCUT2D eigenvalue weighted by Gasteiger charge is 2.28. The third kappa shape index (κ3) is 3.31. The number of amides is 1. The van der Waals surface area contributed by atoms with E-state index in [0.29, 0.717) is 22.3 Å². The van der Waals surface area contributed by atoms with Crippen molar-refractivity contribution in [3.63, 3.8) is 0 Å². The molecule has 0 fully saturated rings. The van der Waals surface area contributed by atoms with Crippen molar-refractivity contribution >= 4 is 22.5 Å². The fourth-order valence-corrected chi connectivity index (χ4v) is 3.50. The van der Waals surface area contributed by atoms with Gasteiger partial charge in [0.05, 0.1) is 16.6 Å². The lowest BCUT2D eigenvalue weighted by Gasteiger charge is -2.33. The zero-order chi connectivity index (χ0) is 19.9. The maximum atomic E-state index is 12.7. The topological polar surface area (TPSA) is 93.2 Å². The Morgan fingerprint density at radius 3 is 2.79 bits per heavy atom. The van der Waals surface area contributed by atoms with Crippen molar-refractivity contribution in [1.82, 2.24) is 9.55 Å². The number of nitrogens with zero attached hydrogens (tertiary/aromatic N) is 1. The number of carbonyl (C=O) groups excluding carboxylic acids is 1. The summed E-state index contributed by atoms with van der Waals surface area (Å²) in [4.78, 5) is 39.2. The number of anilines is 1. The normalized spacial score (nSPS) is 14.9. The molecule has 2 aromatic carbocycles. The molecule has 0 saturated carbocycles. The minimum absolute atomic E-state index is 0.219. The molecule has 2 heterocycles. The van der Waals surface area contributed by atoms with E-state index >= 15 is 0 Å². The molecule has 0 aliphatic carbocycles. The number of H-pyrrole nitrogens is 1. The largest absolute Gasteiger partial charge is 0.485 e. The van der Waals surface area contributed by atoms with Crippen molar-refractivity contribution in [2.24, 2.45) is 0 Å². The predicted octanol–water partition coefficient (Wildman–Crippen LogP) is 2.43. The average molecular weight is 379 g/mol. The fraction of sp³-hybridized carbons (Fsp3) is 0.286. The third-order valence-corrected chi connectivity index (χ3v) is 4.95. The van der Waals surface area contributed by atoms with E-state index in [0.717, 1.165) is 18.4 Å². The Morgan fingerprint density at radius 1 is 1.18 bits per heavy atom. The van der Waals surface area contributed by atoms with Crippen molar-refractivity contribution in [2.45, 2.75) is 38.8 Å². The van der Waals surface area contributed by atoms with Crippen LogP contribution in [-0.2, 0) is 17.8 Å². The molecule has 7 nitrogen and oxygen atoms in total. The molecule has 0 unspecified atom stereocenters. The first-order valence-electron chi connectivity index (χ1n) is 9.17. The number of ether oxygens (including phenoxy) is 1. The molecule has 0 bridgehead atoms. The highest BCUT2D eigenvalue weighted by molar-refractivity contribution is 5.93. The van der Waals surface area contributed by atoms with E-state index in [1.54, 1.807) is 30.3 Å². The molecule has 1 aromatic heterocycles. The van der Waals surface area contributed by atoms with Crippen LogP contribution in [0, 0.1) is 0 Å². The van der Waals surface area contributed by atoms with Gasteiger partial charge in [0, 0.05) is 0 Å². The monoisotopic (exact) mass is 379 g/mol. The Labute approximate surface area is 161 Å². The molecule has 0 saturated heterocycles. The highest BCUT2D eigenvalue weighted by atomic mass is 16.5. The molecule has 28 heavy (non-hydrogen) atoms. The van der Waals surface area contributed by atoms with Gasteiger partial charge in [0.1, 0.15) is 17.9 Å².